The van der Waals surface area contributed by atoms with E-state index >= 15 is 0 Å². The monoisotopic (exact) mass is 297 g/mol. The molecular weight excluding hydrogens is 282 g/mol. The molecule has 0 aliphatic carbocycles. The lowest BCUT2D eigenvalue weighted by atomic mass is 9.97. The first-order valence-corrected chi connectivity index (χ1v) is 6.91. The van der Waals surface area contributed by atoms with Gasteiger partial charge in [-0.2, -0.15) is 5.10 Å². The summed E-state index contributed by atoms with van der Waals surface area (Å²) >= 11 is 0. The molecule has 6 nitrogen and oxygen atoms in total. The number of aryl methyl sites for hydroxylation is 1. The molecule has 22 heavy (non-hydrogen) atoms. The van der Waals surface area contributed by atoms with Gasteiger partial charge in [0.15, 0.2) is 0 Å². The van der Waals surface area contributed by atoms with Crippen LogP contribution in [0.15, 0.2) is 47.6 Å². The van der Waals surface area contributed by atoms with Gasteiger partial charge < -0.3 is 10.5 Å². The second kappa shape index (κ2) is 5.48. The number of hydrogen-bond donors (Lipinski definition) is 2. The van der Waals surface area contributed by atoms with E-state index in [1.165, 1.54) is 6.07 Å². The van der Waals surface area contributed by atoms with E-state index in [1.54, 1.807) is 18.2 Å². The zero-order valence-corrected chi connectivity index (χ0v) is 12.0. The van der Waals surface area contributed by atoms with Crippen molar-refractivity contribution in [2.45, 2.75) is 19.4 Å². The Bertz CT molecular complexity index is 771. The number of phenolic OH excluding ortho intramolecular Hbond substituents is 1. The number of nitro groups is 1. The molecule has 2 aromatic carbocycles. The molecule has 6 heteroatoms. The van der Waals surface area contributed by atoms with Crippen molar-refractivity contribution in [3.05, 3.63) is 69.3 Å². The predicted octanol–water partition coefficient (Wildman–Crippen LogP) is 3.05. The molecule has 0 radical (unpaired) electrons. The van der Waals surface area contributed by atoms with Gasteiger partial charge in [0.2, 0.25) is 0 Å². The Labute approximate surface area is 127 Å². The SMILES string of the molecule is Cc1ccc(O)c(C2=NN[C@@H](c3cccc([N+](=O)[O-])c3)C2)c1. The number of benzene rings is 2. The van der Waals surface area contributed by atoms with Crippen LogP contribution in [0.1, 0.15) is 29.2 Å². The summed E-state index contributed by atoms with van der Waals surface area (Å²) in [7, 11) is 0. The van der Waals surface area contributed by atoms with Crippen molar-refractivity contribution < 1.29 is 10.0 Å². The molecule has 0 saturated heterocycles. The minimum atomic E-state index is -0.410. The Kier molecular flexibility index (Phi) is 3.50. The zero-order chi connectivity index (χ0) is 15.7. The summed E-state index contributed by atoms with van der Waals surface area (Å²) in [4.78, 5) is 10.4. The van der Waals surface area contributed by atoms with Gasteiger partial charge >= 0.3 is 0 Å². The highest BCUT2D eigenvalue weighted by Gasteiger charge is 2.24. The quantitative estimate of drug-likeness (QED) is 0.673. The molecule has 112 valence electrons. The van der Waals surface area contributed by atoms with Crippen LogP contribution in [0.5, 0.6) is 5.75 Å². The molecule has 1 heterocycles. The lowest BCUT2D eigenvalue weighted by Crippen LogP contribution is -2.10. The number of aromatic hydroxyl groups is 1. The summed E-state index contributed by atoms with van der Waals surface area (Å²) in [5.41, 5.74) is 6.33. The molecule has 1 atom stereocenters. The number of phenols is 1. The molecule has 3 rings (SSSR count). The molecule has 0 saturated carbocycles. The third-order valence-electron chi connectivity index (χ3n) is 3.70. The fourth-order valence-electron chi connectivity index (χ4n) is 2.54. The Hall–Kier alpha value is -2.89. The van der Waals surface area contributed by atoms with Gasteiger partial charge in [-0.25, -0.2) is 0 Å². The normalized spacial score (nSPS) is 17.0. The first-order valence-electron chi connectivity index (χ1n) is 6.91. The van der Waals surface area contributed by atoms with Gasteiger partial charge in [0.05, 0.1) is 16.7 Å². The van der Waals surface area contributed by atoms with E-state index in [0.717, 1.165) is 16.8 Å². The number of hydrazone groups is 1. The average molecular weight is 297 g/mol. The van der Waals surface area contributed by atoms with Gasteiger partial charge in [-0.3, -0.25) is 10.1 Å². The average Bonchev–Trinajstić information content (AvgIpc) is 2.99. The fourth-order valence-corrected chi connectivity index (χ4v) is 2.54. The van der Waals surface area contributed by atoms with Crippen molar-refractivity contribution in [2.24, 2.45) is 5.10 Å². The Morgan fingerprint density at radius 1 is 1.32 bits per heavy atom. The molecule has 0 unspecified atom stereocenters. The van der Waals surface area contributed by atoms with Crippen molar-refractivity contribution in [2.75, 3.05) is 0 Å². The number of non-ortho nitro benzene ring substituents is 1. The van der Waals surface area contributed by atoms with E-state index in [0.29, 0.717) is 12.0 Å². The van der Waals surface area contributed by atoms with Crippen molar-refractivity contribution >= 4 is 11.4 Å². The maximum absolute atomic E-state index is 10.9. The molecule has 1 aliphatic rings. The number of hydrogen-bond acceptors (Lipinski definition) is 5. The number of nitrogens with one attached hydrogen (secondary N) is 1. The van der Waals surface area contributed by atoms with Gasteiger partial charge in [-0.05, 0) is 24.6 Å². The summed E-state index contributed by atoms with van der Waals surface area (Å²) in [6, 6.07) is 11.7. The zero-order valence-electron chi connectivity index (χ0n) is 12.0. The lowest BCUT2D eigenvalue weighted by Gasteiger charge is -2.10. The number of nitro benzene ring substituents is 1. The molecule has 0 aromatic heterocycles. The first kappa shape index (κ1) is 14.1. The number of nitrogens with zero attached hydrogens (tertiary/aromatic N) is 2. The third kappa shape index (κ3) is 2.63. The van der Waals surface area contributed by atoms with E-state index < -0.39 is 4.92 Å². The predicted molar refractivity (Wildman–Crippen MR) is 83.0 cm³/mol. The van der Waals surface area contributed by atoms with Crippen LogP contribution in [0.3, 0.4) is 0 Å². The molecule has 2 aromatic rings. The van der Waals surface area contributed by atoms with Gasteiger partial charge in [0.1, 0.15) is 5.75 Å². The fraction of sp³-hybridized carbons (Fsp3) is 0.188. The summed E-state index contributed by atoms with van der Waals surface area (Å²) in [6.07, 6.45) is 0.568. The Balaban J connectivity index is 1.84. The summed E-state index contributed by atoms with van der Waals surface area (Å²) < 4.78 is 0. The summed E-state index contributed by atoms with van der Waals surface area (Å²) in [6.45, 7) is 1.95. The van der Waals surface area contributed by atoms with E-state index in [4.69, 9.17) is 0 Å². The van der Waals surface area contributed by atoms with Crippen LogP contribution in [-0.4, -0.2) is 15.7 Å². The molecule has 0 amide bonds. The van der Waals surface area contributed by atoms with Gasteiger partial charge in [0.25, 0.3) is 5.69 Å². The van der Waals surface area contributed by atoms with Crippen LogP contribution < -0.4 is 5.43 Å². The second-order valence-electron chi connectivity index (χ2n) is 5.32. The largest absolute Gasteiger partial charge is 0.507 e. The van der Waals surface area contributed by atoms with Crippen molar-refractivity contribution in [3.8, 4) is 5.75 Å². The second-order valence-corrected chi connectivity index (χ2v) is 5.32. The van der Waals surface area contributed by atoms with Crippen LogP contribution in [0.4, 0.5) is 5.69 Å². The molecule has 0 spiro atoms. The molecule has 0 bridgehead atoms. The topological polar surface area (TPSA) is 87.8 Å². The lowest BCUT2D eigenvalue weighted by molar-refractivity contribution is -0.384. The first-order chi connectivity index (χ1) is 10.5. The van der Waals surface area contributed by atoms with Gasteiger partial charge in [-0.1, -0.05) is 23.8 Å². The minimum Gasteiger partial charge on any atom is -0.507 e. The standard InChI is InChI=1S/C16H15N3O3/c1-10-5-6-16(20)13(7-10)15-9-14(17-18-15)11-3-2-4-12(8-11)19(21)22/h2-8,14,17,20H,9H2,1H3/t14-/m1/s1. The van der Waals surface area contributed by atoms with E-state index in [-0.39, 0.29) is 17.5 Å². The highest BCUT2D eigenvalue weighted by atomic mass is 16.6. The Morgan fingerprint density at radius 2 is 2.14 bits per heavy atom. The van der Waals surface area contributed by atoms with Crippen molar-refractivity contribution in [1.82, 2.24) is 5.43 Å². The number of rotatable bonds is 3. The maximum Gasteiger partial charge on any atom is 0.269 e. The maximum atomic E-state index is 10.9. The van der Waals surface area contributed by atoms with Crippen LogP contribution in [0.2, 0.25) is 0 Å². The Morgan fingerprint density at radius 3 is 2.91 bits per heavy atom. The van der Waals surface area contributed by atoms with Crippen LogP contribution >= 0.6 is 0 Å². The highest BCUT2D eigenvalue weighted by molar-refractivity contribution is 6.04. The van der Waals surface area contributed by atoms with E-state index in [2.05, 4.69) is 10.5 Å². The molecule has 2 N–H and O–H groups in total. The highest BCUT2D eigenvalue weighted by Crippen LogP contribution is 2.29. The van der Waals surface area contributed by atoms with Gasteiger partial charge in [0, 0.05) is 24.1 Å². The van der Waals surface area contributed by atoms with Crippen LogP contribution in [0.25, 0.3) is 0 Å². The molecule has 1 aliphatic heterocycles. The van der Waals surface area contributed by atoms with Crippen molar-refractivity contribution in [3.63, 3.8) is 0 Å². The minimum absolute atomic E-state index is 0.0613. The molecule has 0 fully saturated rings. The summed E-state index contributed by atoms with van der Waals surface area (Å²) in [5.74, 6) is 0.186. The van der Waals surface area contributed by atoms with Crippen LogP contribution in [0, 0.1) is 17.0 Å². The van der Waals surface area contributed by atoms with Gasteiger partial charge in [-0.15, -0.1) is 0 Å². The van der Waals surface area contributed by atoms with E-state index in [9.17, 15) is 15.2 Å². The van der Waals surface area contributed by atoms with Crippen molar-refractivity contribution in [1.29, 1.82) is 0 Å². The van der Waals surface area contributed by atoms with E-state index in [1.807, 2.05) is 25.1 Å². The molecular formula is C16H15N3O3. The third-order valence-corrected chi connectivity index (χ3v) is 3.70. The van der Waals surface area contributed by atoms with Crippen LogP contribution in [-0.2, 0) is 0 Å². The smallest absolute Gasteiger partial charge is 0.269 e. The summed E-state index contributed by atoms with van der Waals surface area (Å²) in [5, 5.41) is 25.1.